The van der Waals surface area contributed by atoms with Crippen LogP contribution in [0.25, 0.3) is 0 Å². The van der Waals surface area contributed by atoms with E-state index in [4.69, 9.17) is 0 Å². The predicted molar refractivity (Wildman–Crippen MR) is 70.1 cm³/mol. The molecule has 90 valence electrons. The Hall–Kier alpha value is -1.10. The van der Waals surface area contributed by atoms with Crippen LogP contribution in [-0.2, 0) is 6.54 Å². The summed E-state index contributed by atoms with van der Waals surface area (Å²) < 4.78 is 0. The molecule has 0 unspecified atom stereocenters. The van der Waals surface area contributed by atoms with Gasteiger partial charge in [-0.1, -0.05) is 0 Å². The third-order valence-corrected chi connectivity index (χ3v) is 3.19. The lowest BCUT2D eigenvalue weighted by molar-refractivity contribution is 0.583. The SMILES string of the molecule is CCNC(=NCc1sc(C)nc1C)N(C)C. The molecule has 1 heterocycles. The first-order valence-corrected chi connectivity index (χ1v) is 6.24. The highest BCUT2D eigenvalue weighted by Gasteiger charge is 2.05. The van der Waals surface area contributed by atoms with Gasteiger partial charge in [0.15, 0.2) is 5.96 Å². The summed E-state index contributed by atoms with van der Waals surface area (Å²) in [5.74, 6) is 0.924. The first-order valence-electron chi connectivity index (χ1n) is 5.43. The number of thiazole rings is 1. The van der Waals surface area contributed by atoms with Crippen LogP contribution >= 0.6 is 11.3 Å². The maximum absolute atomic E-state index is 4.56. The zero-order chi connectivity index (χ0) is 12.1. The van der Waals surface area contributed by atoms with Gasteiger partial charge in [-0.15, -0.1) is 11.3 Å². The van der Waals surface area contributed by atoms with Crippen molar-refractivity contribution in [2.75, 3.05) is 20.6 Å². The highest BCUT2D eigenvalue weighted by Crippen LogP contribution is 2.17. The Morgan fingerprint density at radius 2 is 2.12 bits per heavy atom. The number of hydrogen-bond acceptors (Lipinski definition) is 3. The van der Waals surface area contributed by atoms with Crippen molar-refractivity contribution in [3.8, 4) is 0 Å². The summed E-state index contributed by atoms with van der Waals surface area (Å²) in [6.07, 6.45) is 0. The van der Waals surface area contributed by atoms with Crippen LogP contribution in [0.1, 0.15) is 22.5 Å². The van der Waals surface area contributed by atoms with Crippen molar-refractivity contribution in [1.29, 1.82) is 0 Å². The Labute approximate surface area is 101 Å². The molecule has 0 saturated carbocycles. The minimum atomic E-state index is 0.706. The van der Waals surface area contributed by atoms with Gasteiger partial charge in [0, 0.05) is 25.5 Å². The van der Waals surface area contributed by atoms with E-state index in [1.807, 2.05) is 32.8 Å². The molecule has 0 aliphatic carbocycles. The molecule has 1 aromatic rings. The van der Waals surface area contributed by atoms with Gasteiger partial charge < -0.3 is 10.2 Å². The van der Waals surface area contributed by atoms with Crippen LogP contribution in [0.5, 0.6) is 0 Å². The highest BCUT2D eigenvalue weighted by molar-refractivity contribution is 7.11. The van der Waals surface area contributed by atoms with Crippen molar-refractivity contribution in [2.45, 2.75) is 27.3 Å². The monoisotopic (exact) mass is 240 g/mol. The van der Waals surface area contributed by atoms with E-state index in [9.17, 15) is 0 Å². The molecule has 0 aliphatic rings. The number of aryl methyl sites for hydroxylation is 2. The molecule has 0 aromatic carbocycles. The molecule has 0 spiro atoms. The second-order valence-corrected chi connectivity index (χ2v) is 5.09. The Kier molecular flexibility index (Phi) is 4.73. The van der Waals surface area contributed by atoms with Gasteiger partial charge in [0.25, 0.3) is 0 Å². The second kappa shape index (κ2) is 5.84. The standard InChI is InChI=1S/C11H20N4S/c1-6-12-11(15(4)5)13-7-10-8(2)14-9(3)16-10/h6-7H2,1-5H3,(H,12,13). The molecule has 16 heavy (non-hydrogen) atoms. The van der Waals surface area contributed by atoms with E-state index in [2.05, 4.69) is 22.2 Å². The molecule has 0 saturated heterocycles. The predicted octanol–water partition coefficient (Wildman–Crippen LogP) is 1.79. The van der Waals surface area contributed by atoms with Crippen molar-refractivity contribution in [3.05, 3.63) is 15.6 Å². The smallest absolute Gasteiger partial charge is 0.193 e. The largest absolute Gasteiger partial charge is 0.357 e. The molecule has 0 amide bonds. The maximum atomic E-state index is 4.56. The highest BCUT2D eigenvalue weighted by atomic mass is 32.1. The molecule has 5 heteroatoms. The quantitative estimate of drug-likeness (QED) is 0.647. The van der Waals surface area contributed by atoms with Crippen molar-refractivity contribution in [2.24, 2.45) is 4.99 Å². The van der Waals surface area contributed by atoms with Gasteiger partial charge in [0.2, 0.25) is 0 Å². The Bertz CT molecular complexity index is 368. The minimum absolute atomic E-state index is 0.706. The Morgan fingerprint density at radius 3 is 2.56 bits per heavy atom. The van der Waals surface area contributed by atoms with Crippen LogP contribution < -0.4 is 5.32 Å². The third kappa shape index (κ3) is 3.48. The van der Waals surface area contributed by atoms with E-state index in [0.717, 1.165) is 23.2 Å². The fraction of sp³-hybridized carbons (Fsp3) is 0.636. The molecule has 1 rings (SSSR count). The van der Waals surface area contributed by atoms with E-state index in [1.54, 1.807) is 11.3 Å². The molecule has 0 aliphatic heterocycles. The van der Waals surface area contributed by atoms with Crippen LogP contribution in [-0.4, -0.2) is 36.5 Å². The van der Waals surface area contributed by atoms with E-state index < -0.39 is 0 Å². The second-order valence-electron chi connectivity index (χ2n) is 3.81. The summed E-state index contributed by atoms with van der Waals surface area (Å²) in [6, 6.07) is 0. The number of hydrogen-bond donors (Lipinski definition) is 1. The van der Waals surface area contributed by atoms with E-state index in [-0.39, 0.29) is 0 Å². The van der Waals surface area contributed by atoms with Gasteiger partial charge in [-0.2, -0.15) is 0 Å². The summed E-state index contributed by atoms with van der Waals surface area (Å²) in [7, 11) is 3.98. The lowest BCUT2D eigenvalue weighted by atomic mass is 10.4. The van der Waals surface area contributed by atoms with Crippen LogP contribution in [0.4, 0.5) is 0 Å². The summed E-state index contributed by atoms with van der Waals surface area (Å²) >= 11 is 1.72. The summed E-state index contributed by atoms with van der Waals surface area (Å²) in [5, 5.41) is 4.35. The van der Waals surface area contributed by atoms with Crippen molar-refractivity contribution in [3.63, 3.8) is 0 Å². The molecule has 0 atom stereocenters. The van der Waals surface area contributed by atoms with Crippen LogP contribution in [0, 0.1) is 13.8 Å². The molecular weight excluding hydrogens is 220 g/mol. The molecule has 0 fully saturated rings. The zero-order valence-electron chi connectivity index (χ0n) is 10.7. The summed E-state index contributed by atoms with van der Waals surface area (Å²) in [5.41, 5.74) is 1.10. The zero-order valence-corrected chi connectivity index (χ0v) is 11.5. The maximum Gasteiger partial charge on any atom is 0.193 e. The van der Waals surface area contributed by atoms with Gasteiger partial charge in [-0.05, 0) is 20.8 Å². The average molecular weight is 240 g/mol. The fourth-order valence-corrected chi connectivity index (χ4v) is 2.24. The van der Waals surface area contributed by atoms with Crippen molar-refractivity contribution >= 4 is 17.3 Å². The number of nitrogens with one attached hydrogen (secondary N) is 1. The normalized spacial score (nSPS) is 11.7. The topological polar surface area (TPSA) is 40.5 Å². The Balaban J connectivity index is 2.72. The molecular formula is C11H20N4S. The summed E-state index contributed by atoms with van der Waals surface area (Å²) in [6.45, 7) is 7.73. The van der Waals surface area contributed by atoms with Crippen molar-refractivity contribution < 1.29 is 0 Å². The molecule has 1 aromatic heterocycles. The van der Waals surface area contributed by atoms with Crippen LogP contribution in [0.2, 0.25) is 0 Å². The molecule has 1 N–H and O–H groups in total. The number of rotatable bonds is 3. The molecule has 0 bridgehead atoms. The van der Waals surface area contributed by atoms with E-state index in [1.165, 1.54) is 4.88 Å². The van der Waals surface area contributed by atoms with Crippen LogP contribution in [0.3, 0.4) is 0 Å². The van der Waals surface area contributed by atoms with Crippen molar-refractivity contribution in [1.82, 2.24) is 15.2 Å². The number of aliphatic imine (C=N–C) groups is 1. The van der Waals surface area contributed by atoms with Crippen LogP contribution in [0.15, 0.2) is 4.99 Å². The molecule has 0 radical (unpaired) electrons. The first-order chi connectivity index (χ1) is 7.54. The first kappa shape index (κ1) is 13.0. The average Bonchev–Trinajstić information content (AvgIpc) is 2.51. The lowest BCUT2D eigenvalue weighted by Gasteiger charge is -2.16. The number of guanidine groups is 1. The fourth-order valence-electron chi connectivity index (χ4n) is 1.38. The van der Waals surface area contributed by atoms with Gasteiger partial charge in [-0.25, -0.2) is 9.98 Å². The summed E-state index contributed by atoms with van der Waals surface area (Å²) in [4.78, 5) is 12.2. The molecule has 4 nitrogen and oxygen atoms in total. The van der Waals surface area contributed by atoms with Gasteiger partial charge in [-0.3, -0.25) is 0 Å². The number of nitrogens with zero attached hydrogens (tertiary/aromatic N) is 3. The van der Waals surface area contributed by atoms with E-state index in [0.29, 0.717) is 6.54 Å². The minimum Gasteiger partial charge on any atom is -0.357 e. The van der Waals surface area contributed by atoms with Gasteiger partial charge >= 0.3 is 0 Å². The van der Waals surface area contributed by atoms with Gasteiger partial charge in [0.05, 0.1) is 17.2 Å². The third-order valence-electron chi connectivity index (χ3n) is 2.13. The number of aromatic nitrogens is 1. The lowest BCUT2D eigenvalue weighted by Crippen LogP contribution is -2.36. The van der Waals surface area contributed by atoms with Gasteiger partial charge in [0.1, 0.15) is 0 Å². The van der Waals surface area contributed by atoms with E-state index >= 15 is 0 Å². The Morgan fingerprint density at radius 1 is 1.44 bits per heavy atom.